The van der Waals surface area contributed by atoms with Gasteiger partial charge in [-0.25, -0.2) is 0 Å². The van der Waals surface area contributed by atoms with Crippen LogP contribution < -0.4 is 5.32 Å². The monoisotopic (exact) mass is 289 g/mol. The zero-order valence-corrected chi connectivity index (χ0v) is 12.6. The number of hydrogen-bond acceptors (Lipinski definition) is 3. The zero-order chi connectivity index (χ0) is 12.7. The minimum absolute atomic E-state index is 0.812. The highest BCUT2D eigenvalue weighted by Gasteiger charge is 2.40. The third kappa shape index (κ3) is 2.78. The largest absolute Gasteiger partial charge is 0.309 e. The number of hydrogen-bond donors (Lipinski definition) is 1. The predicted octanol–water partition coefficient (Wildman–Crippen LogP) is 4.75. The van der Waals surface area contributed by atoms with Crippen molar-refractivity contribution in [2.75, 3.05) is 0 Å². The second-order valence-electron chi connectivity index (χ2n) is 5.86. The maximum Gasteiger partial charge on any atom is 0.0351 e. The fraction of sp³-hybridized carbons (Fsp3) is 0.500. The van der Waals surface area contributed by atoms with Crippen LogP contribution >= 0.6 is 22.7 Å². The molecular weight excluding hydrogens is 270 g/mol. The summed E-state index contributed by atoms with van der Waals surface area (Å²) in [6.07, 6.45) is 5.83. The van der Waals surface area contributed by atoms with Crippen molar-refractivity contribution in [2.45, 2.75) is 38.3 Å². The van der Waals surface area contributed by atoms with Gasteiger partial charge in [0.05, 0.1) is 0 Å². The van der Waals surface area contributed by atoms with Crippen molar-refractivity contribution in [2.24, 2.45) is 11.8 Å². The Balaban J connectivity index is 1.40. The summed E-state index contributed by atoms with van der Waals surface area (Å²) in [5.41, 5.74) is 1.39. The Morgan fingerprint density at radius 2 is 1.95 bits per heavy atom. The maximum absolute atomic E-state index is 3.83. The van der Waals surface area contributed by atoms with E-state index in [0.717, 1.165) is 24.4 Å². The van der Waals surface area contributed by atoms with Gasteiger partial charge >= 0.3 is 0 Å². The van der Waals surface area contributed by atoms with Crippen molar-refractivity contribution in [3.63, 3.8) is 0 Å². The molecule has 2 heterocycles. The van der Waals surface area contributed by atoms with Crippen molar-refractivity contribution in [1.82, 2.24) is 5.32 Å². The molecule has 0 aliphatic heterocycles. The first kappa shape index (κ1) is 12.1. The van der Waals surface area contributed by atoms with Gasteiger partial charge in [-0.15, -0.1) is 22.7 Å². The minimum atomic E-state index is 0.812. The molecule has 0 bridgehead atoms. The zero-order valence-electron chi connectivity index (χ0n) is 11.0. The average Bonchev–Trinajstić information content (AvgIpc) is 3.33. The first-order chi connectivity index (χ1) is 9.40. The van der Waals surface area contributed by atoms with E-state index in [1.807, 2.05) is 22.7 Å². The van der Waals surface area contributed by atoms with Crippen LogP contribution in [0.25, 0.3) is 10.4 Å². The summed E-state index contributed by atoms with van der Waals surface area (Å²) in [5.74, 6) is 1.98. The molecule has 3 heteroatoms. The van der Waals surface area contributed by atoms with Gasteiger partial charge in [0.2, 0.25) is 0 Å². The van der Waals surface area contributed by atoms with Crippen LogP contribution in [-0.2, 0) is 6.54 Å². The van der Waals surface area contributed by atoms with E-state index in [2.05, 4.69) is 34.3 Å². The second-order valence-corrected chi connectivity index (χ2v) is 7.80. The first-order valence-corrected chi connectivity index (χ1v) is 9.01. The number of nitrogens with one attached hydrogen (secondary N) is 1. The van der Waals surface area contributed by atoms with Crippen LogP contribution in [-0.4, -0.2) is 6.04 Å². The molecule has 0 atom stereocenters. The molecule has 0 saturated heterocycles. The van der Waals surface area contributed by atoms with Crippen LogP contribution in [0.1, 0.15) is 30.6 Å². The lowest BCUT2D eigenvalue weighted by Gasteiger charge is -2.16. The Bertz CT molecular complexity index is 523. The molecule has 1 nitrogen and oxygen atoms in total. The first-order valence-electron chi connectivity index (χ1n) is 7.25. The molecule has 2 saturated carbocycles. The molecule has 2 aliphatic rings. The summed E-state index contributed by atoms with van der Waals surface area (Å²) in [5, 5.41) is 8.28. The summed E-state index contributed by atoms with van der Waals surface area (Å²) in [7, 11) is 0. The van der Waals surface area contributed by atoms with E-state index in [0.29, 0.717) is 0 Å². The molecule has 0 aromatic carbocycles. The van der Waals surface area contributed by atoms with Crippen LogP contribution in [0.15, 0.2) is 29.0 Å². The van der Waals surface area contributed by atoms with Crippen molar-refractivity contribution < 1.29 is 0 Å². The summed E-state index contributed by atoms with van der Waals surface area (Å²) < 4.78 is 0. The van der Waals surface area contributed by atoms with E-state index in [4.69, 9.17) is 0 Å². The van der Waals surface area contributed by atoms with Gasteiger partial charge in [0.15, 0.2) is 0 Å². The number of rotatable bonds is 6. The van der Waals surface area contributed by atoms with Crippen LogP contribution in [0.5, 0.6) is 0 Å². The van der Waals surface area contributed by atoms with Gasteiger partial charge in [-0.2, -0.15) is 0 Å². The molecular formula is C16H19NS2. The SMILES string of the molecule is c1csc(-c2csc(CNC(C3CC3)C3CC3)c2)c1. The van der Waals surface area contributed by atoms with Gasteiger partial charge in [0.1, 0.15) is 0 Å². The van der Waals surface area contributed by atoms with E-state index in [1.54, 1.807) is 0 Å². The van der Waals surface area contributed by atoms with E-state index in [1.165, 1.54) is 41.0 Å². The second kappa shape index (κ2) is 5.04. The fourth-order valence-electron chi connectivity index (χ4n) is 2.89. The quantitative estimate of drug-likeness (QED) is 0.809. The van der Waals surface area contributed by atoms with E-state index in [-0.39, 0.29) is 0 Å². The lowest BCUT2D eigenvalue weighted by Crippen LogP contribution is -2.32. The van der Waals surface area contributed by atoms with Crippen molar-refractivity contribution in [3.05, 3.63) is 33.8 Å². The third-order valence-corrected chi connectivity index (χ3v) is 6.09. The maximum atomic E-state index is 3.83. The molecule has 19 heavy (non-hydrogen) atoms. The summed E-state index contributed by atoms with van der Waals surface area (Å²) in [6.45, 7) is 1.06. The summed E-state index contributed by atoms with van der Waals surface area (Å²) in [6, 6.07) is 7.51. The Labute approximate surface area is 122 Å². The smallest absolute Gasteiger partial charge is 0.0351 e. The molecule has 2 aromatic heterocycles. The molecule has 2 aromatic rings. The predicted molar refractivity (Wildman–Crippen MR) is 83.7 cm³/mol. The van der Waals surface area contributed by atoms with Crippen molar-refractivity contribution >= 4 is 22.7 Å². The lowest BCUT2D eigenvalue weighted by molar-refractivity contribution is 0.417. The minimum Gasteiger partial charge on any atom is -0.309 e. The standard InChI is InChI=1S/C16H19NS2/c1-2-15(18-7-1)13-8-14(19-10-13)9-17-16(11-3-4-11)12-5-6-12/h1-2,7-8,10-12,16-17H,3-6,9H2. The summed E-state index contributed by atoms with van der Waals surface area (Å²) in [4.78, 5) is 2.87. The van der Waals surface area contributed by atoms with Gasteiger partial charge in [-0.1, -0.05) is 6.07 Å². The average molecular weight is 289 g/mol. The van der Waals surface area contributed by atoms with Crippen LogP contribution in [0.4, 0.5) is 0 Å². The van der Waals surface area contributed by atoms with E-state index < -0.39 is 0 Å². The van der Waals surface area contributed by atoms with Gasteiger partial charge in [-0.05, 0) is 60.4 Å². The van der Waals surface area contributed by atoms with Crippen molar-refractivity contribution in [1.29, 1.82) is 0 Å². The van der Waals surface area contributed by atoms with Crippen LogP contribution in [0.2, 0.25) is 0 Å². The Hall–Kier alpha value is -0.640. The molecule has 0 amide bonds. The highest BCUT2D eigenvalue weighted by molar-refractivity contribution is 7.14. The normalized spacial score (nSPS) is 19.2. The molecule has 2 fully saturated rings. The van der Waals surface area contributed by atoms with Gasteiger partial charge in [0, 0.05) is 27.9 Å². The molecule has 0 radical (unpaired) electrons. The Morgan fingerprint density at radius 3 is 2.58 bits per heavy atom. The van der Waals surface area contributed by atoms with E-state index >= 15 is 0 Å². The topological polar surface area (TPSA) is 12.0 Å². The van der Waals surface area contributed by atoms with Crippen LogP contribution in [0, 0.1) is 11.8 Å². The van der Waals surface area contributed by atoms with Crippen molar-refractivity contribution in [3.8, 4) is 10.4 Å². The lowest BCUT2D eigenvalue weighted by atomic mass is 10.1. The Morgan fingerprint density at radius 1 is 1.16 bits per heavy atom. The fourth-order valence-corrected chi connectivity index (χ4v) is 4.52. The third-order valence-electron chi connectivity index (χ3n) is 4.23. The highest BCUT2D eigenvalue weighted by Crippen LogP contribution is 2.44. The molecule has 0 spiro atoms. The molecule has 0 unspecified atom stereocenters. The van der Waals surface area contributed by atoms with Gasteiger partial charge < -0.3 is 5.32 Å². The highest BCUT2D eigenvalue weighted by atomic mass is 32.1. The molecule has 4 rings (SSSR count). The van der Waals surface area contributed by atoms with Crippen LogP contribution in [0.3, 0.4) is 0 Å². The van der Waals surface area contributed by atoms with Gasteiger partial charge in [-0.3, -0.25) is 0 Å². The Kier molecular flexibility index (Phi) is 3.22. The van der Waals surface area contributed by atoms with E-state index in [9.17, 15) is 0 Å². The molecule has 100 valence electrons. The summed E-state index contributed by atoms with van der Waals surface area (Å²) >= 11 is 3.73. The molecule has 1 N–H and O–H groups in total. The van der Waals surface area contributed by atoms with Gasteiger partial charge in [0.25, 0.3) is 0 Å². The molecule has 2 aliphatic carbocycles. The number of thiophene rings is 2.